The number of benzene rings is 1. The van der Waals surface area contributed by atoms with Crippen molar-refractivity contribution in [2.75, 3.05) is 0 Å². The Balaban J connectivity index is 2.64. The Morgan fingerprint density at radius 1 is 1.24 bits per heavy atom. The zero-order valence-corrected chi connectivity index (χ0v) is 13.0. The maximum atomic E-state index is 14.0. The van der Waals surface area contributed by atoms with Crippen LogP contribution < -0.4 is 11.3 Å². The summed E-state index contributed by atoms with van der Waals surface area (Å²) in [6, 6.07) is 0.179. The topological polar surface area (TPSA) is 55.9 Å². The number of hydrogen-bond acceptors (Lipinski definition) is 3. The summed E-state index contributed by atoms with van der Waals surface area (Å²) in [5.74, 6) is 2.46. The molecule has 8 heteroatoms. The molecule has 3 N–H and O–H groups in total. The lowest BCUT2D eigenvalue weighted by Gasteiger charge is -2.21. The van der Waals surface area contributed by atoms with Crippen LogP contribution in [0.3, 0.4) is 0 Å². The van der Waals surface area contributed by atoms with E-state index in [1.807, 2.05) is 13.8 Å². The molecule has 1 aromatic carbocycles. The highest BCUT2D eigenvalue weighted by Crippen LogP contribution is 2.32. The van der Waals surface area contributed by atoms with Crippen LogP contribution in [0.2, 0.25) is 0 Å². The lowest BCUT2D eigenvalue weighted by molar-refractivity contribution is 0.447. The van der Waals surface area contributed by atoms with E-state index < -0.39 is 23.5 Å². The van der Waals surface area contributed by atoms with Gasteiger partial charge in [-0.05, 0) is 29.8 Å². The Bertz CT molecular complexity index is 634. The van der Waals surface area contributed by atoms with Gasteiger partial charge in [-0.15, -0.1) is 0 Å². The molecule has 0 saturated carbocycles. The van der Waals surface area contributed by atoms with E-state index in [0.29, 0.717) is 22.3 Å². The number of rotatable bonds is 4. The summed E-state index contributed by atoms with van der Waals surface area (Å²) in [5, 5.41) is 4.14. The summed E-state index contributed by atoms with van der Waals surface area (Å²) < 4.78 is 43.1. The summed E-state index contributed by atoms with van der Waals surface area (Å²) in [4.78, 5) is 0. The van der Waals surface area contributed by atoms with Crippen molar-refractivity contribution in [1.29, 1.82) is 0 Å². The Morgan fingerprint density at radius 3 is 2.29 bits per heavy atom. The predicted molar refractivity (Wildman–Crippen MR) is 75.8 cm³/mol. The van der Waals surface area contributed by atoms with Crippen LogP contribution in [0, 0.1) is 17.5 Å². The third-order valence-corrected chi connectivity index (χ3v) is 3.66. The molecule has 0 bridgehead atoms. The van der Waals surface area contributed by atoms with Gasteiger partial charge in [0, 0.05) is 23.7 Å². The smallest absolute Gasteiger partial charge is 0.134 e. The molecule has 0 amide bonds. The summed E-state index contributed by atoms with van der Waals surface area (Å²) in [7, 11) is 0. The van der Waals surface area contributed by atoms with Crippen molar-refractivity contribution in [3.8, 4) is 0 Å². The van der Waals surface area contributed by atoms with Crippen molar-refractivity contribution in [2.24, 2.45) is 5.84 Å². The molecule has 0 saturated heterocycles. The number of nitrogens with two attached hydrogens (primary N) is 1. The second-order valence-corrected chi connectivity index (χ2v) is 5.65. The van der Waals surface area contributed by atoms with Gasteiger partial charge in [0.15, 0.2) is 0 Å². The predicted octanol–water partition coefficient (Wildman–Crippen LogP) is 3.20. The number of nitrogens with one attached hydrogen (secondary N) is 1. The summed E-state index contributed by atoms with van der Waals surface area (Å²) in [5.41, 5.74) is 2.46. The first-order valence-electron chi connectivity index (χ1n) is 6.20. The van der Waals surface area contributed by atoms with Gasteiger partial charge in [-0.3, -0.25) is 10.5 Å². The molecule has 21 heavy (non-hydrogen) atoms. The summed E-state index contributed by atoms with van der Waals surface area (Å²) in [6.45, 7) is 3.74. The highest BCUT2D eigenvalue weighted by molar-refractivity contribution is 9.10. The van der Waals surface area contributed by atoms with Gasteiger partial charge >= 0.3 is 0 Å². The third kappa shape index (κ3) is 2.97. The maximum Gasteiger partial charge on any atom is 0.134 e. The van der Waals surface area contributed by atoms with E-state index in [-0.39, 0.29) is 11.6 Å². The Labute approximate surface area is 128 Å². The van der Waals surface area contributed by atoms with E-state index in [9.17, 15) is 13.2 Å². The van der Waals surface area contributed by atoms with Crippen molar-refractivity contribution in [1.82, 2.24) is 15.2 Å². The minimum absolute atomic E-state index is 0.0475. The van der Waals surface area contributed by atoms with Crippen molar-refractivity contribution in [3.63, 3.8) is 0 Å². The van der Waals surface area contributed by atoms with Gasteiger partial charge in [0.25, 0.3) is 0 Å². The van der Waals surface area contributed by atoms with Gasteiger partial charge in [-0.2, -0.15) is 5.10 Å². The molecule has 1 aromatic heterocycles. The molecule has 0 aliphatic carbocycles. The standard InChI is InChI=1S/C13H14BrF3N4/c1-6(2)21-13(8(14)5-19-21)12(20-18)11-9(16)3-7(15)4-10(11)17/h3-6,12,20H,18H2,1-2H3. The van der Waals surface area contributed by atoms with Gasteiger partial charge in [0.1, 0.15) is 17.5 Å². The van der Waals surface area contributed by atoms with E-state index in [2.05, 4.69) is 26.5 Å². The minimum Gasteiger partial charge on any atom is -0.271 e. The van der Waals surface area contributed by atoms with E-state index in [1.165, 1.54) is 6.20 Å². The first kappa shape index (κ1) is 16.0. The fourth-order valence-corrected chi connectivity index (χ4v) is 2.66. The monoisotopic (exact) mass is 362 g/mol. The fraction of sp³-hybridized carbons (Fsp3) is 0.308. The molecule has 1 atom stereocenters. The van der Waals surface area contributed by atoms with Crippen LogP contribution in [-0.2, 0) is 0 Å². The highest BCUT2D eigenvalue weighted by Gasteiger charge is 2.28. The second kappa shape index (κ2) is 6.17. The number of nitrogens with zero attached hydrogens (tertiary/aromatic N) is 2. The lowest BCUT2D eigenvalue weighted by Crippen LogP contribution is -2.32. The van der Waals surface area contributed by atoms with E-state index >= 15 is 0 Å². The van der Waals surface area contributed by atoms with Crippen molar-refractivity contribution in [3.05, 3.63) is 51.5 Å². The van der Waals surface area contributed by atoms with Gasteiger partial charge in [-0.25, -0.2) is 18.6 Å². The van der Waals surface area contributed by atoms with Crippen LogP contribution in [0.5, 0.6) is 0 Å². The molecule has 0 fully saturated rings. The third-order valence-electron chi connectivity index (χ3n) is 3.05. The second-order valence-electron chi connectivity index (χ2n) is 4.80. The lowest BCUT2D eigenvalue weighted by atomic mass is 10.0. The number of aromatic nitrogens is 2. The maximum absolute atomic E-state index is 14.0. The fourth-order valence-electron chi connectivity index (χ4n) is 2.16. The van der Waals surface area contributed by atoms with Crippen LogP contribution in [0.1, 0.15) is 37.2 Å². The molecule has 0 radical (unpaired) electrons. The van der Waals surface area contributed by atoms with Gasteiger partial charge < -0.3 is 0 Å². The van der Waals surface area contributed by atoms with Crippen LogP contribution in [-0.4, -0.2) is 9.78 Å². The molecule has 1 unspecified atom stereocenters. The van der Waals surface area contributed by atoms with Crippen LogP contribution >= 0.6 is 15.9 Å². The zero-order valence-electron chi connectivity index (χ0n) is 11.4. The molecule has 0 aliphatic heterocycles. The van der Waals surface area contributed by atoms with Crippen molar-refractivity contribution in [2.45, 2.75) is 25.9 Å². The summed E-state index contributed by atoms with van der Waals surface area (Å²) in [6.07, 6.45) is 1.51. The van der Waals surface area contributed by atoms with Crippen molar-refractivity contribution >= 4 is 15.9 Å². The first-order chi connectivity index (χ1) is 9.86. The number of hydrogen-bond donors (Lipinski definition) is 2. The van der Waals surface area contributed by atoms with Gasteiger partial charge in [-0.1, -0.05) is 0 Å². The molecule has 114 valence electrons. The molecular weight excluding hydrogens is 349 g/mol. The molecule has 4 nitrogen and oxygen atoms in total. The average Bonchev–Trinajstić information content (AvgIpc) is 2.75. The van der Waals surface area contributed by atoms with E-state index in [0.717, 1.165) is 0 Å². The molecular formula is C13H14BrF3N4. The largest absolute Gasteiger partial charge is 0.271 e. The zero-order chi connectivity index (χ0) is 15.7. The Hall–Kier alpha value is -1.38. The van der Waals surface area contributed by atoms with Crippen LogP contribution in [0.25, 0.3) is 0 Å². The number of hydrazine groups is 1. The van der Waals surface area contributed by atoms with Gasteiger partial charge in [0.2, 0.25) is 0 Å². The molecule has 1 heterocycles. The molecule has 2 rings (SSSR count). The Morgan fingerprint density at radius 2 is 1.81 bits per heavy atom. The van der Waals surface area contributed by atoms with E-state index in [4.69, 9.17) is 5.84 Å². The van der Waals surface area contributed by atoms with E-state index in [1.54, 1.807) is 4.68 Å². The highest BCUT2D eigenvalue weighted by atomic mass is 79.9. The molecule has 0 spiro atoms. The van der Waals surface area contributed by atoms with Gasteiger partial charge in [0.05, 0.1) is 22.4 Å². The average molecular weight is 363 g/mol. The quantitative estimate of drug-likeness (QED) is 0.648. The Kier molecular flexibility index (Phi) is 4.70. The van der Waals surface area contributed by atoms with Crippen LogP contribution in [0.15, 0.2) is 22.8 Å². The molecule has 2 aromatic rings. The first-order valence-corrected chi connectivity index (χ1v) is 6.99. The number of halogens is 4. The van der Waals surface area contributed by atoms with Crippen molar-refractivity contribution < 1.29 is 13.2 Å². The summed E-state index contributed by atoms with van der Waals surface area (Å²) >= 11 is 3.29. The van der Waals surface area contributed by atoms with Crippen LogP contribution in [0.4, 0.5) is 13.2 Å². The normalized spacial score (nSPS) is 13.0. The minimum atomic E-state index is -1.01. The SMILES string of the molecule is CC(C)n1ncc(Br)c1C(NN)c1c(F)cc(F)cc1F. The molecule has 0 aliphatic rings.